The number of benzene rings is 2. The summed E-state index contributed by atoms with van der Waals surface area (Å²) in [5.74, 6) is 0.112. The molecule has 2 aromatic rings. The van der Waals surface area contributed by atoms with E-state index in [4.69, 9.17) is 11.6 Å². The summed E-state index contributed by atoms with van der Waals surface area (Å²) in [6, 6.07) is 15.4. The number of amides is 2. The largest absolute Gasteiger partial charge is 0.328 e. The molecule has 1 heterocycles. The van der Waals surface area contributed by atoms with Gasteiger partial charge in [-0.25, -0.2) is 0 Å². The lowest BCUT2D eigenvalue weighted by Gasteiger charge is -2.44. The first kappa shape index (κ1) is 20.9. The highest BCUT2D eigenvalue weighted by Crippen LogP contribution is 2.32. The Balaban J connectivity index is 1.59. The van der Waals surface area contributed by atoms with Gasteiger partial charge in [0.05, 0.1) is 0 Å². The fraction of sp³-hybridized carbons (Fsp3) is 0.440. The molecule has 5 heteroatoms. The highest BCUT2D eigenvalue weighted by atomic mass is 35.5. The van der Waals surface area contributed by atoms with Crippen LogP contribution in [-0.4, -0.2) is 40.7 Å². The third-order valence-electron chi connectivity index (χ3n) is 6.42. The quantitative estimate of drug-likeness (QED) is 0.682. The van der Waals surface area contributed by atoms with Crippen LogP contribution in [0, 0.1) is 6.92 Å². The number of piperazine rings is 1. The van der Waals surface area contributed by atoms with Crippen LogP contribution in [0.2, 0.25) is 5.02 Å². The number of nitrogens with zero attached hydrogens (tertiary/aromatic N) is 2. The van der Waals surface area contributed by atoms with Gasteiger partial charge >= 0.3 is 0 Å². The van der Waals surface area contributed by atoms with Crippen molar-refractivity contribution in [1.29, 1.82) is 0 Å². The van der Waals surface area contributed by atoms with Crippen LogP contribution in [-0.2, 0) is 16.0 Å². The molecule has 158 valence electrons. The second-order valence-electron chi connectivity index (χ2n) is 8.53. The van der Waals surface area contributed by atoms with E-state index in [-0.39, 0.29) is 24.4 Å². The zero-order valence-corrected chi connectivity index (χ0v) is 18.3. The molecule has 30 heavy (non-hydrogen) atoms. The Labute approximate surface area is 183 Å². The summed E-state index contributed by atoms with van der Waals surface area (Å²) in [5.41, 5.74) is 3.15. The van der Waals surface area contributed by atoms with Crippen molar-refractivity contribution in [3.8, 4) is 0 Å². The monoisotopic (exact) mass is 424 g/mol. The molecule has 1 atom stereocenters. The van der Waals surface area contributed by atoms with Crippen molar-refractivity contribution in [2.75, 3.05) is 13.1 Å². The lowest BCUT2D eigenvalue weighted by molar-refractivity contribution is -0.159. The maximum absolute atomic E-state index is 13.6. The second-order valence-corrected chi connectivity index (χ2v) is 8.97. The number of aryl methyl sites for hydroxylation is 1. The molecule has 0 N–H and O–H groups in total. The van der Waals surface area contributed by atoms with Crippen LogP contribution in [0.5, 0.6) is 0 Å². The summed E-state index contributed by atoms with van der Waals surface area (Å²) in [6.45, 7) is 2.75. The number of carbonyl (C=O) groups is 2. The average molecular weight is 425 g/mol. The van der Waals surface area contributed by atoms with Gasteiger partial charge < -0.3 is 9.80 Å². The minimum absolute atomic E-state index is 0.0414. The summed E-state index contributed by atoms with van der Waals surface area (Å²) < 4.78 is 0. The van der Waals surface area contributed by atoms with E-state index in [0.29, 0.717) is 18.0 Å². The van der Waals surface area contributed by atoms with Gasteiger partial charge in [0.25, 0.3) is 5.91 Å². The minimum atomic E-state index is -0.541. The van der Waals surface area contributed by atoms with Crippen molar-refractivity contribution >= 4 is 23.4 Å². The molecule has 1 saturated carbocycles. The van der Waals surface area contributed by atoms with Crippen LogP contribution in [0.4, 0.5) is 0 Å². The van der Waals surface area contributed by atoms with Crippen molar-refractivity contribution in [3.63, 3.8) is 0 Å². The lowest BCUT2D eigenvalue weighted by Crippen LogP contribution is -2.58. The number of hydrogen-bond donors (Lipinski definition) is 0. The standard InChI is InChI=1S/C25H29ClN2O2/c1-18-7-11-20(12-8-18)24-25(30)28(22-5-3-2-4-6-22)17-23(29)27(24)16-15-19-9-13-21(26)14-10-19/h7-14,22,24H,2-6,15-17H2,1H3/t24-/m0/s1. The van der Waals surface area contributed by atoms with Crippen LogP contribution >= 0.6 is 11.6 Å². The van der Waals surface area contributed by atoms with Gasteiger partial charge in [0.1, 0.15) is 12.6 Å². The Morgan fingerprint density at radius 3 is 2.27 bits per heavy atom. The highest BCUT2D eigenvalue weighted by molar-refractivity contribution is 6.30. The number of carbonyl (C=O) groups excluding carboxylic acids is 2. The molecule has 0 spiro atoms. The maximum atomic E-state index is 13.6. The summed E-state index contributed by atoms with van der Waals surface area (Å²) >= 11 is 5.99. The van der Waals surface area contributed by atoms with Gasteiger partial charge in [-0.05, 0) is 49.4 Å². The Bertz CT molecular complexity index is 888. The predicted octanol–water partition coefficient (Wildman–Crippen LogP) is 4.94. The first-order valence-electron chi connectivity index (χ1n) is 10.9. The van der Waals surface area contributed by atoms with Crippen LogP contribution in [0.1, 0.15) is 54.8 Å². The SMILES string of the molecule is Cc1ccc([C@H]2C(=O)N(C3CCCCC3)CC(=O)N2CCc2ccc(Cl)cc2)cc1. The fourth-order valence-electron chi connectivity index (χ4n) is 4.68. The van der Waals surface area contributed by atoms with E-state index in [1.807, 2.05) is 60.4 Å². The molecule has 4 nitrogen and oxygen atoms in total. The molecular formula is C25H29ClN2O2. The predicted molar refractivity (Wildman–Crippen MR) is 119 cm³/mol. The summed E-state index contributed by atoms with van der Waals surface area (Å²) in [5, 5.41) is 0.698. The summed E-state index contributed by atoms with van der Waals surface area (Å²) in [6.07, 6.45) is 6.20. The normalized spacial score (nSPS) is 20.7. The molecule has 0 radical (unpaired) electrons. The van der Waals surface area contributed by atoms with Gasteiger partial charge in [0.2, 0.25) is 5.91 Å². The Morgan fingerprint density at radius 2 is 1.60 bits per heavy atom. The average Bonchev–Trinajstić information content (AvgIpc) is 2.76. The van der Waals surface area contributed by atoms with Crippen LogP contribution in [0.15, 0.2) is 48.5 Å². The first-order chi connectivity index (χ1) is 14.5. The van der Waals surface area contributed by atoms with Gasteiger partial charge in [-0.1, -0.05) is 72.8 Å². The van der Waals surface area contributed by atoms with E-state index in [9.17, 15) is 9.59 Å². The van der Waals surface area contributed by atoms with E-state index in [2.05, 4.69) is 0 Å². The van der Waals surface area contributed by atoms with Gasteiger partial charge in [-0.3, -0.25) is 9.59 Å². The number of halogens is 1. The van der Waals surface area contributed by atoms with E-state index in [0.717, 1.165) is 42.4 Å². The van der Waals surface area contributed by atoms with Gasteiger partial charge in [-0.15, -0.1) is 0 Å². The molecule has 1 aliphatic carbocycles. The second kappa shape index (κ2) is 9.22. The van der Waals surface area contributed by atoms with Crippen molar-refractivity contribution in [2.24, 2.45) is 0 Å². The minimum Gasteiger partial charge on any atom is -0.328 e. The fourth-order valence-corrected chi connectivity index (χ4v) is 4.80. The Kier molecular flexibility index (Phi) is 6.43. The molecule has 1 aliphatic heterocycles. The number of hydrogen-bond acceptors (Lipinski definition) is 2. The zero-order chi connectivity index (χ0) is 21.1. The van der Waals surface area contributed by atoms with Crippen molar-refractivity contribution < 1.29 is 9.59 Å². The zero-order valence-electron chi connectivity index (χ0n) is 17.5. The smallest absolute Gasteiger partial charge is 0.250 e. The van der Waals surface area contributed by atoms with E-state index >= 15 is 0 Å². The van der Waals surface area contributed by atoms with E-state index in [1.165, 1.54) is 6.42 Å². The molecule has 2 aliphatic rings. The molecule has 0 bridgehead atoms. The molecule has 4 rings (SSSR count). The maximum Gasteiger partial charge on any atom is 0.250 e. The first-order valence-corrected chi connectivity index (χ1v) is 11.3. The number of rotatable bonds is 5. The van der Waals surface area contributed by atoms with Gasteiger partial charge in [0, 0.05) is 17.6 Å². The molecule has 2 amide bonds. The molecule has 0 unspecified atom stereocenters. The van der Waals surface area contributed by atoms with Crippen molar-refractivity contribution in [2.45, 2.75) is 57.5 Å². The Hall–Kier alpha value is -2.33. The van der Waals surface area contributed by atoms with Crippen LogP contribution in [0.25, 0.3) is 0 Å². The van der Waals surface area contributed by atoms with Crippen molar-refractivity contribution in [1.82, 2.24) is 9.80 Å². The molecule has 2 aromatic carbocycles. The molecular weight excluding hydrogens is 396 g/mol. The van der Waals surface area contributed by atoms with Crippen LogP contribution in [0.3, 0.4) is 0 Å². The lowest BCUT2D eigenvalue weighted by atomic mass is 9.91. The third-order valence-corrected chi connectivity index (χ3v) is 6.67. The molecule has 0 aromatic heterocycles. The Morgan fingerprint density at radius 1 is 0.933 bits per heavy atom. The third kappa shape index (κ3) is 4.54. The summed E-state index contributed by atoms with van der Waals surface area (Å²) in [7, 11) is 0. The van der Waals surface area contributed by atoms with E-state index in [1.54, 1.807) is 4.90 Å². The van der Waals surface area contributed by atoms with E-state index < -0.39 is 6.04 Å². The van der Waals surface area contributed by atoms with Gasteiger partial charge in [0.15, 0.2) is 0 Å². The van der Waals surface area contributed by atoms with Crippen molar-refractivity contribution in [3.05, 3.63) is 70.2 Å². The topological polar surface area (TPSA) is 40.6 Å². The summed E-state index contributed by atoms with van der Waals surface area (Å²) in [4.78, 5) is 30.5. The molecule has 2 fully saturated rings. The van der Waals surface area contributed by atoms with Gasteiger partial charge in [-0.2, -0.15) is 0 Å². The molecule has 1 saturated heterocycles. The highest BCUT2D eigenvalue weighted by Gasteiger charge is 2.42. The van der Waals surface area contributed by atoms with Crippen LogP contribution < -0.4 is 0 Å².